The van der Waals surface area contributed by atoms with E-state index >= 15 is 0 Å². The van der Waals surface area contributed by atoms with Crippen LogP contribution in [0.2, 0.25) is 0 Å². The number of nitrogens with zero attached hydrogens (tertiary/aromatic N) is 2. The number of halogens is 2. The van der Waals surface area contributed by atoms with E-state index in [1.165, 1.54) is 5.48 Å². The number of carbonyl (C=O) groups excluding carboxylic acids is 1. The number of hydroxylamine groups is 1. The Kier molecular flexibility index (Phi) is 7.38. The van der Waals surface area contributed by atoms with E-state index in [-0.39, 0.29) is 23.6 Å². The normalized spacial score (nSPS) is 12.9. The summed E-state index contributed by atoms with van der Waals surface area (Å²) in [5.74, 6) is -1.08. The lowest BCUT2D eigenvalue weighted by Crippen LogP contribution is -2.48. The van der Waals surface area contributed by atoms with Gasteiger partial charge in [-0.3, -0.25) is 15.1 Å². The number of amides is 1. The number of ether oxygens (including phenoxy) is 1. The lowest BCUT2D eigenvalue weighted by molar-refractivity contribution is -0.133. The molecule has 0 spiro atoms. The summed E-state index contributed by atoms with van der Waals surface area (Å²) in [4.78, 5) is 12.2. The first-order valence-electron chi connectivity index (χ1n) is 9.69. The molecule has 1 atom stereocenters. The van der Waals surface area contributed by atoms with Crippen LogP contribution >= 0.6 is 0 Å². The van der Waals surface area contributed by atoms with Gasteiger partial charge in [0.1, 0.15) is 11.8 Å². The Morgan fingerprint density at radius 2 is 1.97 bits per heavy atom. The van der Waals surface area contributed by atoms with E-state index in [9.17, 15) is 27.2 Å². The molecule has 2 aromatic carbocycles. The number of alkyl halides is 2. The average molecular weight is 468 g/mol. The summed E-state index contributed by atoms with van der Waals surface area (Å²) in [6.45, 7) is -1.44. The Morgan fingerprint density at radius 3 is 2.59 bits per heavy atom. The largest absolute Gasteiger partial charge is 0.435 e. The minimum Gasteiger partial charge on any atom is -0.435 e. The van der Waals surface area contributed by atoms with Crippen molar-refractivity contribution in [2.45, 2.75) is 43.9 Å². The molecular formula is C20H22F2N4O5S. The molecule has 1 amide bonds. The average Bonchev–Trinajstić information content (AvgIpc) is 3.23. The molecule has 3 rings (SSSR count). The number of hydrogen-bond acceptors (Lipinski definition) is 6. The lowest BCUT2D eigenvalue weighted by atomic mass is 10.1. The molecule has 3 aromatic rings. The number of rotatable bonds is 10. The van der Waals surface area contributed by atoms with Crippen molar-refractivity contribution in [2.75, 3.05) is 0 Å². The molecule has 0 radical (unpaired) electrons. The fraction of sp³-hybridized carbons (Fsp3) is 0.300. The molecule has 12 heteroatoms. The summed E-state index contributed by atoms with van der Waals surface area (Å²) in [6.07, 6.45) is 2.20. The molecule has 0 saturated heterocycles. The van der Waals surface area contributed by atoms with Gasteiger partial charge < -0.3 is 4.74 Å². The van der Waals surface area contributed by atoms with Crippen LogP contribution in [0.3, 0.4) is 0 Å². The van der Waals surface area contributed by atoms with Gasteiger partial charge >= 0.3 is 6.61 Å². The fourth-order valence-electron chi connectivity index (χ4n) is 3.32. The minimum atomic E-state index is -4.27. The summed E-state index contributed by atoms with van der Waals surface area (Å²) in [5, 5.41) is 16.7. The van der Waals surface area contributed by atoms with Gasteiger partial charge in [-0.25, -0.2) is 13.9 Å². The number of aromatic nitrogens is 2. The molecule has 0 aliphatic rings. The highest BCUT2D eigenvalue weighted by molar-refractivity contribution is 7.89. The quantitative estimate of drug-likeness (QED) is 0.310. The van der Waals surface area contributed by atoms with Crippen molar-refractivity contribution in [1.29, 1.82) is 0 Å². The SMILES string of the molecule is CCC[C@H](C(=O)NO)N(Cc1ccc2[nH]ncc2c1)S(=O)(=O)c1ccc(OC(F)F)cc1. The van der Waals surface area contributed by atoms with Crippen molar-refractivity contribution >= 4 is 26.8 Å². The van der Waals surface area contributed by atoms with E-state index in [2.05, 4.69) is 14.9 Å². The van der Waals surface area contributed by atoms with Gasteiger partial charge in [0, 0.05) is 11.9 Å². The second-order valence-corrected chi connectivity index (χ2v) is 8.86. The van der Waals surface area contributed by atoms with E-state index < -0.39 is 28.6 Å². The highest BCUT2D eigenvalue weighted by atomic mass is 32.2. The fourth-order valence-corrected chi connectivity index (χ4v) is 4.92. The third kappa shape index (κ3) is 5.21. The summed E-state index contributed by atoms with van der Waals surface area (Å²) >= 11 is 0. The van der Waals surface area contributed by atoms with Crippen molar-refractivity contribution in [3.05, 3.63) is 54.2 Å². The number of nitrogens with one attached hydrogen (secondary N) is 2. The van der Waals surface area contributed by atoms with Gasteiger partial charge in [-0.2, -0.15) is 18.2 Å². The van der Waals surface area contributed by atoms with Crippen LogP contribution in [0.25, 0.3) is 10.9 Å². The summed E-state index contributed by atoms with van der Waals surface area (Å²) in [5.41, 5.74) is 2.88. The third-order valence-corrected chi connectivity index (χ3v) is 6.69. The van der Waals surface area contributed by atoms with Crippen LogP contribution < -0.4 is 10.2 Å². The van der Waals surface area contributed by atoms with E-state index in [0.717, 1.165) is 39.5 Å². The predicted molar refractivity (Wildman–Crippen MR) is 111 cm³/mol. The van der Waals surface area contributed by atoms with Crippen molar-refractivity contribution in [3.63, 3.8) is 0 Å². The molecule has 0 aliphatic heterocycles. The molecule has 0 fully saturated rings. The third-order valence-electron chi connectivity index (χ3n) is 4.82. The minimum absolute atomic E-state index is 0.145. The second-order valence-electron chi connectivity index (χ2n) is 6.97. The zero-order valence-electron chi connectivity index (χ0n) is 17.0. The molecule has 0 unspecified atom stereocenters. The van der Waals surface area contributed by atoms with Crippen molar-refractivity contribution < 1.29 is 31.9 Å². The zero-order valence-corrected chi connectivity index (χ0v) is 17.9. The van der Waals surface area contributed by atoms with Crippen LogP contribution in [0.5, 0.6) is 5.75 Å². The molecular weight excluding hydrogens is 446 g/mol. The van der Waals surface area contributed by atoms with E-state index in [4.69, 9.17) is 0 Å². The van der Waals surface area contributed by atoms with Crippen molar-refractivity contribution in [1.82, 2.24) is 20.0 Å². The van der Waals surface area contributed by atoms with Gasteiger partial charge in [-0.1, -0.05) is 19.4 Å². The molecule has 1 heterocycles. The molecule has 0 bridgehead atoms. The van der Waals surface area contributed by atoms with Crippen LogP contribution in [-0.4, -0.2) is 46.7 Å². The highest BCUT2D eigenvalue weighted by Gasteiger charge is 2.35. The first-order valence-corrected chi connectivity index (χ1v) is 11.1. The van der Waals surface area contributed by atoms with Crippen LogP contribution in [0, 0.1) is 0 Å². The van der Waals surface area contributed by atoms with Crippen LogP contribution in [0.1, 0.15) is 25.3 Å². The number of sulfonamides is 1. The van der Waals surface area contributed by atoms with E-state index in [1.54, 1.807) is 31.3 Å². The summed E-state index contributed by atoms with van der Waals surface area (Å²) in [6, 6.07) is 8.43. The second kappa shape index (κ2) is 10.0. The first kappa shape index (κ1) is 23.6. The van der Waals surface area contributed by atoms with Crippen LogP contribution in [0.15, 0.2) is 53.6 Å². The lowest BCUT2D eigenvalue weighted by Gasteiger charge is -2.29. The molecule has 9 nitrogen and oxygen atoms in total. The number of fused-ring (bicyclic) bond motifs is 1. The number of aromatic amines is 1. The number of hydrogen-bond donors (Lipinski definition) is 3. The van der Waals surface area contributed by atoms with Gasteiger partial charge in [0.15, 0.2) is 0 Å². The van der Waals surface area contributed by atoms with Gasteiger partial charge in [-0.15, -0.1) is 0 Å². The number of H-pyrrole nitrogens is 1. The van der Waals surface area contributed by atoms with Crippen LogP contribution in [0.4, 0.5) is 8.78 Å². The Bertz CT molecular complexity index is 1170. The maximum absolute atomic E-state index is 13.5. The Balaban J connectivity index is 2.02. The number of benzene rings is 2. The van der Waals surface area contributed by atoms with Gasteiger partial charge in [0.2, 0.25) is 10.0 Å². The molecule has 172 valence electrons. The topological polar surface area (TPSA) is 125 Å². The predicted octanol–water partition coefficient (Wildman–Crippen LogP) is 3.03. The highest BCUT2D eigenvalue weighted by Crippen LogP contribution is 2.26. The summed E-state index contributed by atoms with van der Waals surface area (Å²) < 4.78 is 57.0. The van der Waals surface area contributed by atoms with Gasteiger partial charge in [0.25, 0.3) is 5.91 Å². The molecule has 0 aliphatic carbocycles. The van der Waals surface area contributed by atoms with Gasteiger partial charge in [-0.05, 0) is 48.4 Å². The smallest absolute Gasteiger partial charge is 0.387 e. The summed E-state index contributed by atoms with van der Waals surface area (Å²) in [7, 11) is -4.27. The molecule has 1 aromatic heterocycles. The van der Waals surface area contributed by atoms with Crippen molar-refractivity contribution in [3.8, 4) is 5.75 Å². The Labute approximate surface area is 183 Å². The zero-order chi connectivity index (χ0) is 23.3. The molecule has 0 saturated carbocycles. The maximum atomic E-state index is 13.5. The van der Waals surface area contributed by atoms with Crippen molar-refractivity contribution in [2.24, 2.45) is 0 Å². The molecule has 3 N–H and O–H groups in total. The van der Waals surface area contributed by atoms with Crippen LogP contribution in [-0.2, 0) is 21.4 Å². The molecule has 32 heavy (non-hydrogen) atoms. The first-order chi connectivity index (χ1) is 15.3. The van der Waals surface area contributed by atoms with E-state index in [0.29, 0.717) is 12.0 Å². The maximum Gasteiger partial charge on any atom is 0.387 e. The number of carbonyl (C=O) groups is 1. The standard InChI is InChI=1S/C20H22F2N4O5S/c1-2-3-18(19(27)25-28)26(12-13-4-9-17-14(10-13)11-23-24-17)32(29,30)16-7-5-15(6-8-16)31-20(21)22/h4-11,18,20,28H,2-3,12H2,1H3,(H,23,24)(H,25,27)/t18-/m1/s1. The monoisotopic (exact) mass is 468 g/mol. The van der Waals surface area contributed by atoms with Gasteiger partial charge in [0.05, 0.1) is 16.6 Å². The Hall–Kier alpha value is -3.09. The van der Waals surface area contributed by atoms with E-state index in [1.807, 2.05) is 0 Å². The Morgan fingerprint density at radius 1 is 1.25 bits per heavy atom.